The second-order valence-electron chi connectivity index (χ2n) is 29.7. The summed E-state index contributed by atoms with van der Waals surface area (Å²) in [5.41, 5.74) is 15.6. The molecule has 12 rings (SSSR count). The Balaban J connectivity index is 1.02. The lowest BCUT2D eigenvalue weighted by molar-refractivity contribution is -0.0134. The Morgan fingerprint density at radius 3 is 2.14 bits per heavy atom. The van der Waals surface area contributed by atoms with Gasteiger partial charge >= 0.3 is 0 Å². The Labute approximate surface area is 422 Å². The molecule has 9 atom stereocenters. The lowest BCUT2D eigenvalue weighted by Crippen LogP contribution is -2.65. The van der Waals surface area contributed by atoms with E-state index < -0.39 is 0 Å². The fourth-order valence-corrected chi connectivity index (χ4v) is 19.2. The molecule has 0 amide bonds. The van der Waals surface area contributed by atoms with Gasteiger partial charge in [-0.2, -0.15) is 0 Å². The minimum Gasteiger partial charge on any atom is -0.488 e. The summed E-state index contributed by atoms with van der Waals surface area (Å²) in [5.74, 6) is 5.45. The summed E-state index contributed by atoms with van der Waals surface area (Å²) >= 11 is 0. The van der Waals surface area contributed by atoms with Crippen LogP contribution in [0.1, 0.15) is 224 Å². The van der Waals surface area contributed by atoms with E-state index in [4.69, 9.17) is 4.74 Å². The van der Waals surface area contributed by atoms with Crippen molar-refractivity contribution >= 4 is 6.71 Å². The van der Waals surface area contributed by atoms with Crippen molar-refractivity contribution in [3.05, 3.63) is 81.0 Å². The van der Waals surface area contributed by atoms with Crippen molar-refractivity contribution in [3.8, 4) is 0 Å². The maximum Gasteiger partial charge on any atom is 0.212 e. The van der Waals surface area contributed by atoms with Crippen molar-refractivity contribution in [3.63, 3.8) is 0 Å². The lowest BCUT2D eigenvalue weighted by Gasteiger charge is -2.61. The number of nitrogens with zero attached hydrogens (tertiary/aromatic N) is 3. The van der Waals surface area contributed by atoms with Crippen molar-refractivity contribution < 1.29 is 4.74 Å². The van der Waals surface area contributed by atoms with Crippen LogP contribution < -0.4 is 0 Å². The number of ether oxygens (including phenoxy) is 1. The standard InChI is InChI=1S/C64H96BN3O/c1-40-35-54-57-55(36-40)68-58-49(64(63(68,11)12)33-16-13-17-34-64)37-43(62(8,9)10)38-51(58)65(57)50-32-31-46(39-53(50)67(54)52-21-18-20-48-47-19-14-15-22-56(47)69-59(48)52)66(44-27-23-41(24-28-44)60(2,3)4)45-29-25-42(26-30-45)61(5,6)7/h15,22,27,31,35,41-43,45,48-50,52-53,55,59H,13-14,16-21,23-26,28-30,32-34,36-39H2,1-12H3. The Morgan fingerprint density at radius 1 is 0.725 bits per heavy atom. The van der Waals surface area contributed by atoms with Gasteiger partial charge in [0.2, 0.25) is 6.71 Å². The zero-order chi connectivity index (χ0) is 48.2. The molecule has 4 fully saturated rings. The number of fused-ring (bicyclic) bond motifs is 7. The number of hydrogen-bond donors (Lipinski definition) is 0. The molecular formula is C64H96BN3O. The van der Waals surface area contributed by atoms with E-state index in [1.165, 1.54) is 147 Å². The van der Waals surface area contributed by atoms with Crippen LogP contribution in [0.4, 0.5) is 0 Å². The van der Waals surface area contributed by atoms with Gasteiger partial charge in [-0.15, -0.1) is 0 Å². The minimum atomic E-state index is 0.143. The highest BCUT2D eigenvalue weighted by molar-refractivity contribution is 6.76. The summed E-state index contributed by atoms with van der Waals surface area (Å²) in [6.07, 6.45) is 42.4. The normalized spacial score (nSPS) is 38.2. The van der Waals surface area contributed by atoms with Gasteiger partial charge in [0.05, 0.1) is 6.04 Å². The first-order valence-electron chi connectivity index (χ1n) is 29.7. The second kappa shape index (κ2) is 16.7. The molecule has 0 radical (unpaired) electrons. The molecule has 4 heterocycles. The summed E-state index contributed by atoms with van der Waals surface area (Å²) in [7, 11) is 0. The molecule has 12 aliphatic rings. The van der Waals surface area contributed by atoms with Crippen LogP contribution in [-0.2, 0) is 4.74 Å². The molecule has 0 aromatic heterocycles. The third kappa shape index (κ3) is 7.42. The SMILES string of the molecule is CC1=CC2=C3B(C4=C5C(CC(C(C)(C)C)C4)C4(CCCCC4)C(C)(C)N5C3C1)C1CC=C(N(C3=CCC(C(C)(C)C)CC3)C3CCC(C(C)(C)C)CC3)CC1N2C1CCCC2C3=C(C=CCC3)OC21. The first kappa shape index (κ1) is 47.4. The second-order valence-corrected chi connectivity index (χ2v) is 29.7. The number of rotatable bonds is 4. The van der Waals surface area contributed by atoms with E-state index in [2.05, 4.69) is 128 Å². The smallest absolute Gasteiger partial charge is 0.212 e. The van der Waals surface area contributed by atoms with Gasteiger partial charge in [0.15, 0.2) is 0 Å². The van der Waals surface area contributed by atoms with E-state index >= 15 is 0 Å². The molecule has 1 spiro atoms. The zero-order valence-electron chi connectivity index (χ0n) is 46.1. The number of allylic oxidation sites excluding steroid dienone is 8. The van der Waals surface area contributed by atoms with Crippen LogP contribution in [0.15, 0.2) is 81.0 Å². The lowest BCUT2D eigenvalue weighted by atomic mass is 9.24. The van der Waals surface area contributed by atoms with Crippen molar-refractivity contribution in [2.45, 2.75) is 266 Å². The maximum absolute atomic E-state index is 7.40. The molecule has 3 saturated carbocycles. The van der Waals surface area contributed by atoms with E-state index in [1.54, 1.807) is 28.2 Å². The largest absolute Gasteiger partial charge is 0.488 e. The fraction of sp³-hybridized carbons (Fsp3) is 0.781. The summed E-state index contributed by atoms with van der Waals surface area (Å²) < 4.78 is 7.40. The zero-order valence-corrected chi connectivity index (χ0v) is 46.1. The molecular weight excluding hydrogens is 838 g/mol. The van der Waals surface area contributed by atoms with Crippen molar-refractivity contribution in [2.24, 2.45) is 51.2 Å². The van der Waals surface area contributed by atoms with Gasteiger partial charge in [0, 0.05) is 70.1 Å². The predicted molar refractivity (Wildman–Crippen MR) is 289 cm³/mol. The molecule has 0 N–H and O–H groups in total. The van der Waals surface area contributed by atoms with Crippen LogP contribution in [0.25, 0.3) is 0 Å². The van der Waals surface area contributed by atoms with E-state index in [0.717, 1.165) is 17.8 Å². The van der Waals surface area contributed by atoms with Crippen LogP contribution in [0.5, 0.6) is 0 Å². The molecule has 69 heavy (non-hydrogen) atoms. The quantitative estimate of drug-likeness (QED) is 0.262. The minimum absolute atomic E-state index is 0.143. The van der Waals surface area contributed by atoms with Gasteiger partial charge in [-0.3, -0.25) is 0 Å². The van der Waals surface area contributed by atoms with Crippen LogP contribution in [-0.4, -0.2) is 57.2 Å². The first-order chi connectivity index (χ1) is 32.8. The van der Waals surface area contributed by atoms with Crippen LogP contribution in [0.3, 0.4) is 0 Å². The third-order valence-electron chi connectivity index (χ3n) is 23.1. The van der Waals surface area contributed by atoms with Crippen LogP contribution in [0, 0.1) is 51.2 Å². The monoisotopic (exact) mass is 934 g/mol. The summed E-state index contributed by atoms with van der Waals surface area (Å²) in [6.45, 7) is 31.4. The Morgan fingerprint density at radius 2 is 1.45 bits per heavy atom. The average Bonchev–Trinajstić information content (AvgIpc) is 3.78. The molecule has 0 aromatic rings. The van der Waals surface area contributed by atoms with Crippen LogP contribution >= 0.6 is 0 Å². The number of hydrogen-bond acceptors (Lipinski definition) is 4. The fourth-order valence-electron chi connectivity index (χ4n) is 19.2. The van der Waals surface area contributed by atoms with Gasteiger partial charge in [0.25, 0.3) is 0 Å². The van der Waals surface area contributed by atoms with E-state index in [9.17, 15) is 0 Å². The Hall–Kier alpha value is -2.56. The van der Waals surface area contributed by atoms with Crippen molar-refractivity contribution in [1.29, 1.82) is 0 Å². The van der Waals surface area contributed by atoms with Gasteiger partial charge < -0.3 is 19.4 Å². The average molecular weight is 934 g/mol. The van der Waals surface area contributed by atoms with Gasteiger partial charge in [-0.05, 0) is 187 Å². The highest BCUT2D eigenvalue weighted by Crippen LogP contribution is 2.70. The molecule has 1 saturated heterocycles. The van der Waals surface area contributed by atoms with Gasteiger partial charge in [-0.1, -0.05) is 123 Å². The summed E-state index contributed by atoms with van der Waals surface area (Å²) in [6, 6.07) is 1.97. The van der Waals surface area contributed by atoms with Gasteiger partial charge in [-0.25, -0.2) is 0 Å². The van der Waals surface area contributed by atoms with Gasteiger partial charge in [0.1, 0.15) is 11.9 Å². The third-order valence-corrected chi connectivity index (χ3v) is 23.1. The van der Waals surface area contributed by atoms with E-state index in [-0.39, 0.29) is 11.6 Å². The van der Waals surface area contributed by atoms with Crippen molar-refractivity contribution in [2.75, 3.05) is 0 Å². The molecule has 0 aromatic carbocycles. The first-order valence-corrected chi connectivity index (χ1v) is 29.7. The van der Waals surface area contributed by atoms with Crippen molar-refractivity contribution in [1.82, 2.24) is 14.7 Å². The Kier molecular flexibility index (Phi) is 11.5. The molecule has 8 aliphatic carbocycles. The highest BCUT2D eigenvalue weighted by atomic mass is 16.5. The Bertz CT molecular complexity index is 2280. The molecule has 4 nitrogen and oxygen atoms in total. The van der Waals surface area contributed by atoms with E-state index in [0.29, 0.717) is 70.2 Å². The maximum atomic E-state index is 7.40. The molecule has 5 heteroatoms. The topological polar surface area (TPSA) is 19.0 Å². The van der Waals surface area contributed by atoms with E-state index in [1.807, 2.05) is 16.6 Å². The highest BCUT2D eigenvalue weighted by Gasteiger charge is 2.69. The summed E-state index contributed by atoms with van der Waals surface area (Å²) in [5, 5.41) is 0. The predicted octanol–water partition coefficient (Wildman–Crippen LogP) is 16.5. The molecule has 9 unspecified atom stereocenters. The molecule has 4 aliphatic heterocycles. The summed E-state index contributed by atoms with van der Waals surface area (Å²) in [4.78, 5) is 9.51. The van der Waals surface area contributed by atoms with Crippen LogP contribution in [0.2, 0.25) is 5.82 Å². The molecule has 0 bridgehead atoms. The molecule has 376 valence electrons.